The molecule has 1 aromatic carbocycles. The fourth-order valence-corrected chi connectivity index (χ4v) is 3.97. The topological polar surface area (TPSA) is 106 Å². The number of nitrogens with one attached hydrogen (secondary N) is 1. The number of benzene rings is 1. The van der Waals surface area contributed by atoms with E-state index in [0.29, 0.717) is 18.2 Å². The Morgan fingerprint density at radius 2 is 1.85 bits per heavy atom. The average Bonchev–Trinajstić information content (AvgIpc) is 3.26. The zero-order valence-corrected chi connectivity index (χ0v) is 18.2. The van der Waals surface area contributed by atoms with Crippen LogP contribution in [0.15, 0.2) is 84.7 Å². The van der Waals surface area contributed by atoms with Crippen molar-refractivity contribution in [2.24, 2.45) is 4.99 Å². The molecule has 0 saturated heterocycles. The van der Waals surface area contributed by atoms with E-state index >= 15 is 0 Å². The minimum Gasteiger partial charge on any atom is -0.382 e. The molecule has 0 radical (unpaired) electrons. The van der Waals surface area contributed by atoms with E-state index in [1.807, 2.05) is 49.7 Å². The molecular weight excluding hydrogens is 410 g/mol. The van der Waals surface area contributed by atoms with E-state index in [0.717, 1.165) is 45.7 Å². The van der Waals surface area contributed by atoms with Crippen LogP contribution < -0.4 is 5.73 Å². The lowest BCUT2D eigenvalue weighted by molar-refractivity contribution is 0.939. The van der Waals surface area contributed by atoms with Crippen LogP contribution in [0.2, 0.25) is 0 Å². The molecule has 33 heavy (non-hydrogen) atoms. The third-order valence-corrected chi connectivity index (χ3v) is 5.58. The van der Waals surface area contributed by atoms with Gasteiger partial charge in [-0.1, -0.05) is 30.4 Å². The Labute approximate surface area is 191 Å². The van der Waals surface area contributed by atoms with Crippen LogP contribution in [-0.2, 0) is 6.42 Å². The number of nitrogen functional groups attached to an aromatic ring is 1. The summed E-state index contributed by atoms with van der Waals surface area (Å²) < 4.78 is 0. The Morgan fingerprint density at radius 3 is 2.64 bits per heavy atom. The molecule has 0 amide bonds. The molecule has 0 atom stereocenters. The number of aromatic amines is 1. The number of allylic oxidation sites excluding steroid dienone is 3. The largest absolute Gasteiger partial charge is 0.382 e. The quantitative estimate of drug-likeness (QED) is 0.458. The van der Waals surface area contributed by atoms with E-state index in [9.17, 15) is 0 Å². The summed E-state index contributed by atoms with van der Waals surface area (Å²) in [4.78, 5) is 25.4. The van der Waals surface area contributed by atoms with Gasteiger partial charge in [-0.25, -0.2) is 15.0 Å². The fraction of sp³-hybridized carbons (Fsp3) is 0.115. The lowest BCUT2D eigenvalue weighted by Crippen LogP contribution is -2.15. The predicted molar refractivity (Wildman–Crippen MR) is 131 cm³/mol. The zero-order chi connectivity index (χ0) is 22.6. The van der Waals surface area contributed by atoms with Crippen molar-refractivity contribution >= 4 is 17.1 Å². The first-order valence-corrected chi connectivity index (χ1v) is 10.8. The molecule has 0 unspecified atom stereocenters. The van der Waals surface area contributed by atoms with E-state index in [1.54, 1.807) is 12.4 Å². The minimum atomic E-state index is 0.431. The maximum atomic E-state index is 6.40. The molecule has 4 aromatic rings. The van der Waals surface area contributed by atoms with Crippen LogP contribution in [-0.4, -0.2) is 37.2 Å². The second-order valence-electron chi connectivity index (χ2n) is 7.67. The van der Waals surface area contributed by atoms with Gasteiger partial charge >= 0.3 is 0 Å². The maximum Gasteiger partial charge on any atom is 0.159 e. The molecule has 0 saturated carbocycles. The van der Waals surface area contributed by atoms with Gasteiger partial charge in [-0.3, -0.25) is 9.98 Å². The number of H-pyrrole nitrogens is 1. The number of rotatable bonds is 5. The molecule has 0 aliphatic carbocycles. The van der Waals surface area contributed by atoms with E-state index in [2.05, 4.69) is 43.1 Å². The molecule has 0 spiro atoms. The monoisotopic (exact) mass is 433 g/mol. The van der Waals surface area contributed by atoms with E-state index < -0.39 is 0 Å². The normalized spacial score (nSPS) is 13.7. The van der Waals surface area contributed by atoms with Crippen molar-refractivity contribution in [3.63, 3.8) is 0 Å². The maximum absolute atomic E-state index is 6.40. The van der Waals surface area contributed by atoms with Gasteiger partial charge in [0.15, 0.2) is 5.82 Å². The van der Waals surface area contributed by atoms with Gasteiger partial charge in [0.05, 0.1) is 5.69 Å². The molecule has 3 N–H and O–H groups in total. The summed E-state index contributed by atoms with van der Waals surface area (Å²) in [6.45, 7) is 2.68. The highest BCUT2D eigenvalue weighted by Gasteiger charge is 2.22. The van der Waals surface area contributed by atoms with Gasteiger partial charge in [-0.2, -0.15) is 0 Å². The van der Waals surface area contributed by atoms with E-state index in [4.69, 9.17) is 10.7 Å². The van der Waals surface area contributed by atoms with Crippen LogP contribution in [0, 0.1) is 0 Å². The lowest BCUT2D eigenvalue weighted by Gasteiger charge is -2.17. The number of fused-ring (bicyclic) bond motifs is 1. The number of nitrogens with two attached hydrogens (primary N) is 1. The first kappa shape index (κ1) is 20.5. The zero-order valence-electron chi connectivity index (χ0n) is 18.2. The smallest absolute Gasteiger partial charge is 0.159 e. The number of hydrogen-bond donors (Lipinski definition) is 2. The number of aliphatic imine (C=N–C) groups is 1. The Hall–Kier alpha value is -4.39. The SMILES string of the molecule is CC=C/C=C(/c1ccncc1)c1[nH]c(C2=NCCc3ccc(-c4cncnc4)cc32)nc1N. The van der Waals surface area contributed by atoms with Gasteiger partial charge < -0.3 is 10.7 Å². The summed E-state index contributed by atoms with van der Waals surface area (Å²) in [5, 5.41) is 0. The highest BCUT2D eigenvalue weighted by atomic mass is 15.0. The molecule has 0 bridgehead atoms. The van der Waals surface area contributed by atoms with Crippen LogP contribution in [0.1, 0.15) is 35.1 Å². The number of nitrogens with zero attached hydrogens (tertiary/aromatic N) is 5. The summed E-state index contributed by atoms with van der Waals surface area (Å²) in [5.74, 6) is 1.09. The summed E-state index contributed by atoms with van der Waals surface area (Å²) in [6.07, 6.45) is 15.6. The Morgan fingerprint density at radius 1 is 1.03 bits per heavy atom. The van der Waals surface area contributed by atoms with Crippen LogP contribution in [0.25, 0.3) is 16.7 Å². The average molecular weight is 434 g/mol. The third-order valence-electron chi connectivity index (χ3n) is 5.58. The molecule has 4 heterocycles. The predicted octanol–water partition coefficient (Wildman–Crippen LogP) is 4.25. The molecule has 7 heteroatoms. The van der Waals surface area contributed by atoms with Crippen LogP contribution in [0.3, 0.4) is 0 Å². The van der Waals surface area contributed by atoms with Crippen molar-refractivity contribution in [1.82, 2.24) is 24.9 Å². The number of imidazole rings is 1. The van der Waals surface area contributed by atoms with Gasteiger partial charge in [-0.15, -0.1) is 0 Å². The molecule has 1 aliphatic heterocycles. The number of hydrogen-bond acceptors (Lipinski definition) is 6. The Bertz CT molecular complexity index is 1370. The summed E-state index contributed by atoms with van der Waals surface area (Å²) in [6, 6.07) is 10.3. The molecule has 1 aliphatic rings. The van der Waals surface area contributed by atoms with Crippen molar-refractivity contribution in [3.05, 3.63) is 108 Å². The second-order valence-corrected chi connectivity index (χ2v) is 7.67. The van der Waals surface area contributed by atoms with Crippen LogP contribution >= 0.6 is 0 Å². The first-order chi connectivity index (χ1) is 16.2. The molecule has 5 rings (SSSR count). The lowest BCUT2D eigenvalue weighted by atomic mass is 9.93. The summed E-state index contributed by atoms with van der Waals surface area (Å²) in [5.41, 5.74) is 14.2. The Kier molecular flexibility index (Phi) is 5.59. The molecule has 162 valence electrons. The molecule has 3 aromatic heterocycles. The van der Waals surface area contributed by atoms with E-state index in [1.165, 1.54) is 11.9 Å². The van der Waals surface area contributed by atoms with Gasteiger partial charge in [0.2, 0.25) is 0 Å². The fourth-order valence-electron chi connectivity index (χ4n) is 3.97. The summed E-state index contributed by atoms with van der Waals surface area (Å²) in [7, 11) is 0. The minimum absolute atomic E-state index is 0.431. The Balaban J connectivity index is 1.58. The van der Waals surface area contributed by atoms with E-state index in [-0.39, 0.29) is 0 Å². The third kappa shape index (κ3) is 4.08. The van der Waals surface area contributed by atoms with Crippen molar-refractivity contribution in [1.29, 1.82) is 0 Å². The molecular formula is C26H23N7. The van der Waals surface area contributed by atoms with Crippen LogP contribution in [0.4, 0.5) is 5.82 Å². The molecule has 0 fully saturated rings. The van der Waals surface area contributed by atoms with Crippen molar-refractivity contribution in [2.75, 3.05) is 12.3 Å². The first-order valence-electron chi connectivity index (χ1n) is 10.8. The van der Waals surface area contributed by atoms with Crippen LogP contribution in [0.5, 0.6) is 0 Å². The van der Waals surface area contributed by atoms with Gasteiger partial charge in [0.25, 0.3) is 0 Å². The van der Waals surface area contributed by atoms with Gasteiger partial charge in [-0.05, 0) is 48.2 Å². The highest BCUT2D eigenvalue weighted by Crippen LogP contribution is 2.30. The highest BCUT2D eigenvalue weighted by molar-refractivity contribution is 6.13. The second kappa shape index (κ2) is 9.00. The number of anilines is 1. The van der Waals surface area contributed by atoms with Crippen molar-refractivity contribution in [2.45, 2.75) is 13.3 Å². The standard InChI is InChI=1S/C26H23N7/c1-2-3-4-21(18-7-10-28-11-8-18)23-25(27)33-26(32-23)24-22-13-19(20-14-29-16-30-15-20)6-5-17(22)9-12-31-24/h2-8,10-11,13-16H,9,12,27H2,1H3,(H,32,33)/b3-2?,21-4-. The molecule has 7 nitrogen and oxygen atoms in total. The van der Waals surface area contributed by atoms with Crippen molar-refractivity contribution < 1.29 is 0 Å². The van der Waals surface area contributed by atoms with Gasteiger partial charge in [0, 0.05) is 48.0 Å². The van der Waals surface area contributed by atoms with Gasteiger partial charge in [0.1, 0.15) is 17.9 Å². The number of pyridine rings is 1. The number of aromatic nitrogens is 5. The summed E-state index contributed by atoms with van der Waals surface area (Å²) >= 11 is 0. The van der Waals surface area contributed by atoms with Crippen molar-refractivity contribution in [3.8, 4) is 11.1 Å².